The molecule has 1 rings (SSSR count). The van der Waals surface area contributed by atoms with Crippen LogP contribution in [0.25, 0.3) is 0 Å². The predicted octanol–water partition coefficient (Wildman–Crippen LogP) is 0.933. The molecule has 1 heterocycles. The van der Waals surface area contributed by atoms with E-state index in [0.29, 0.717) is 6.54 Å². The third-order valence-corrected chi connectivity index (χ3v) is 2.19. The van der Waals surface area contributed by atoms with Gasteiger partial charge in [-0.2, -0.15) is 0 Å². The predicted molar refractivity (Wildman–Crippen MR) is 51.6 cm³/mol. The molecule has 0 aliphatic carbocycles. The van der Waals surface area contributed by atoms with Gasteiger partial charge in [0.1, 0.15) is 6.54 Å². The molecular formula is C9H17N3O. The SMILES string of the molecule is CCCCCCN1CC(=O)NC1=N. The average Bonchev–Trinajstić information content (AvgIpc) is 2.39. The van der Waals surface area contributed by atoms with Crippen molar-refractivity contribution >= 4 is 11.9 Å². The molecule has 1 aliphatic heterocycles. The Kier molecular flexibility index (Phi) is 3.73. The molecule has 1 saturated heterocycles. The molecule has 2 N–H and O–H groups in total. The molecule has 13 heavy (non-hydrogen) atoms. The van der Waals surface area contributed by atoms with Crippen LogP contribution in [0.4, 0.5) is 0 Å². The standard InChI is InChI=1S/C9H17N3O/c1-2-3-4-5-6-12-7-8(13)11-9(12)10/h2-7H2,1H3,(H2,10,11,13). The van der Waals surface area contributed by atoms with Gasteiger partial charge >= 0.3 is 0 Å². The molecule has 0 radical (unpaired) electrons. The van der Waals surface area contributed by atoms with Crippen LogP contribution in [0.15, 0.2) is 0 Å². The Hall–Kier alpha value is -1.06. The average molecular weight is 183 g/mol. The van der Waals surface area contributed by atoms with E-state index in [1.807, 2.05) is 0 Å². The van der Waals surface area contributed by atoms with Gasteiger partial charge in [0.25, 0.3) is 0 Å². The van der Waals surface area contributed by atoms with Gasteiger partial charge in [0.05, 0.1) is 0 Å². The maximum Gasteiger partial charge on any atom is 0.246 e. The highest BCUT2D eigenvalue weighted by Gasteiger charge is 2.22. The Morgan fingerprint density at radius 1 is 1.46 bits per heavy atom. The lowest BCUT2D eigenvalue weighted by Crippen LogP contribution is -2.29. The second-order valence-electron chi connectivity index (χ2n) is 3.38. The first-order chi connectivity index (χ1) is 6.24. The second kappa shape index (κ2) is 4.84. The number of carbonyl (C=O) groups is 1. The summed E-state index contributed by atoms with van der Waals surface area (Å²) in [4.78, 5) is 12.6. The highest BCUT2D eigenvalue weighted by Crippen LogP contribution is 2.03. The van der Waals surface area contributed by atoms with Crippen molar-refractivity contribution in [1.29, 1.82) is 5.41 Å². The molecular weight excluding hydrogens is 166 g/mol. The van der Waals surface area contributed by atoms with Crippen molar-refractivity contribution in [2.45, 2.75) is 32.6 Å². The molecule has 0 bridgehead atoms. The molecule has 0 aromatic heterocycles. The molecule has 0 saturated carbocycles. The van der Waals surface area contributed by atoms with E-state index in [1.165, 1.54) is 19.3 Å². The lowest BCUT2D eigenvalue weighted by atomic mass is 10.2. The van der Waals surface area contributed by atoms with E-state index in [1.54, 1.807) is 4.90 Å². The number of rotatable bonds is 5. The number of hydrogen-bond donors (Lipinski definition) is 2. The summed E-state index contributed by atoms with van der Waals surface area (Å²) in [6.45, 7) is 3.37. The first-order valence-corrected chi connectivity index (χ1v) is 4.87. The monoisotopic (exact) mass is 183 g/mol. The second-order valence-corrected chi connectivity index (χ2v) is 3.38. The van der Waals surface area contributed by atoms with Gasteiger partial charge in [-0.1, -0.05) is 26.2 Å². The molecule has 1 aliphatic rings. The van der Waals surface area contributed by atoms with Crippen LogP contribution in [-0.4, -0.2) is 29.9 Å². The summed E-state index contributed by atoms with van der Waals surface area (Å²) >= 11 is 0. The molecule has 1 fully saturated rings. The number of guanidine groups is 1. The van der Waals surface area contributed by atoms with E-state index in [9.17, 15) is 4.79 Å². The minimum absolute atomic E-state index is 0.0551. The van der Waals surface area contributed by atoms with Gasteiger partial charge in [-0.25, -0.2) is 0 Å². The largest absolute Gasteiger partial charge is 0.334 e. The Labute approximate surface area is 78.8 Å². The minimum Gasteiger partial charge on any atom is -0.334 e. The molecule has 0 spiro atoms. The first kappa shape index (κ1) is 10.0. The first-order valence-electron chi connectivity index (χ1n) is 4.87. The fraction of sp³-hybridized carbons (Fsp3) is 0.778. The minimum atomic E-state index is -0.0551. The van der Waals surface area contributed by atoms with Crippen LogP contribution in [-0.2, 0) is 4.79 Å². The van der Waals surface area contributed by atoms with Gasteiger partial charge in [0.15, 0.2) is 5.96 Å². The van der Waals surface area contributed by atoms with Crippen LogP contribution < -0.4 is 5.32 Å². The van der Waals surface area contributed by atoms with E-state index in [4.69, 9.17) is 5.41 Å². The van der Waals surface area contributed by atoms with Crippen molar-refractivity contribution in [2.24, 2.45) is 0 Å². The van der Waals surface area contributed by atoms with Gasteiger partial charge in [0, 0.05) is 6.54 Å². The molecule has 74 valence electrons. The molecule has 0 unspecified atom stereocenters. The number of nitrogens with one attached hydrogen (secondary N) is 2. The summed E-state index contributed by atoms with van der Waals surface area (Å²) < 4.78 is 0. The van der Waals surface area contributed by atoms with E-state index in [2.05, 4.69) is 12.2 Å². The van der Waals surface area contributed by atoms with Gasteiger partial charge in [-0.15, -0.1) is 0 Å². The highest BCUT2D eigenvalue weighted by molar-refractivity contribution is 6.02. The molecule has 4 nitrogen and oxygen atoms in total. The quantitative estimate of drug-likeness (QED) is 0.623. The van der Waals surface area contributed by atoms with Gasteiger partial charge < -0.3 is 4.90 Å². The van der Waals surface area contributed by atoms with E-state index >= 15 is 0 Å². The van der Waals surface area contributed by atoms with Crippen molar-refractivity contribution in [1.82, 2.24) is 10.2 Å². The Bertz CT molecular complexity index is 203. The smallest absolute Gasteiger partial charge is 0.246 e. The van der Waals surface area contributed by atoms with E-state index in [0.717, 1.165) is 13.0 Å². The molecule has 0 atom stereocenters. The zero-order valence-corrected chi connectivity index (χ0v) is 8.10. The van der Waals surface area contributed by atoms with Crippen molar-refractivity contribution in [3.8, 4) is 0 Å². The third-order valence-electron chi connectivity index (χ3n) is 2.19. The molecule has 0 aromatic rings. The number of carbonyl (C=O) groups excluding carboxylic acids is 1. The molecule has 0 aromatic carbocycles. The summed E-state index contributed by atoms with van der Waals surface area (Å²) in [5.74, 6) is 0.210. The van der Waals surface area contributed by atoms with Crippen LogP contribution in [0.1, 0.15) is 32.6 Å². The maximum absolute atomic E-state index is 10.9. The zero-order valence-electron chi connectivity index (χ0n) is 8.10. The van der Waals surface area contributed by atoms with Crippen molar-refractivity contribution < 1.29 is 4.79 Å². The molecule has 1 amide bonds. The van der Waals surface area contributed by atoms with Crippen molar-refractivity contribution in [2.75, 3.05) is 13.1 Å². The summed E-state index contributed by atoms with van der Waals surface area (Å²) in [6, 6.07) is 0. The van der Waals surface area contributed by atoms with Crippen molar-refractivity contribution in [3.05, 3.63) is 0 Å². The van der Waals surface area contributed by atoms with E-state index < -0.39 is 0 Å². The van der Waals surface area contributed by atoms with Gasteiger partial charge in [-0.05, 0) is 6.42 Å². The lowest BCUT2D eigenvalue weighted by molar-refractivity contribution is -0.118. The Morgan fingerprint density at radius 3 is 2.77 bits per heavy atom. The number of nitrogens with zero attached hydrogens (tertiary/aromatic N) is 1. The lowest BCUT2D eigenvalue weighted by Gasteiger charge is -2.14. The van der Waals surface area contributed by atoms with Gasteiger partial charge in [-0.3, -0.25) is 15.5 Å². The summed E-state index contributed by atoms with van der Waals surface area (Å²) in [6.07, 6.45) is 4.72. The molecule has 4 heteroatoms. The van der Waals surface area contributed by atoms with Gasteiger partial charge in [0.2, 0.25) is 5.91 Å². The Morgan fingerprint density at radius 2 is 2.23 bits per heavy atom. The highest BCUT2D eigenvalue weighted by atomic mass is 16.2. The number of unbranched alkanes of at least 4 members (excludes halogenated alkanes) is 3. The Balaban J connectivity index is 2.14. The number of hydrogen-bond acceptors (Lipinski definition) is 2. The van der Waals surface area contributed by atoms with Crippen molar-refractivity contribution in [3.63, 3.8) is 0 Å². The third kappa shape index (κ3) is 3.05. The summed E-state index contributed by atoms with van der Waals surface area (Å²) in [5.41, 5.74) is 0. The normalized spacial score (nSPS) is 16.5. The fourth-order valence-electron chi connectivity index (χ4n) is 1.42. The van der Waals surface area contributed by atoms with Crippen LogP contribution in [0.5, 0.6) is 0 Å². The van der Waals surface area contributed by atoms with Crippen LogP contribution in [0.2, 0.25) is 0 Å². The maximum atomic E-state index is 10.9. The zero-order chi connectivity index (χ0) is 9.68. The van der Waals surface area contributed by atoms with Crippen LogP contribution in [0, 0.1) is 5.41 Å². The van der Waals surface area contributed by atoms with Crippen LogP contribution in [0.3, 0.4) is 0 Å². The van der Waals surface area contributed by atoms with Crippen LogP contribution >= 0.6 is 0 Å². The fourth-order valence-corrected chi connectivity index (χ4v) is 1.42. The number of amides is 1. The van der Waals surface area contributed by atoms with E-state index in [-0.39, 0.29) is 11.9 Å². The summed E-state index contributed by atoms with van der Waals surface area (Å²) in [7, 11) is 0. The summed E-state index contributed by atoms with van der Waals surface area (Å²) in [5, 5.41) is 9.89. The topological polar surface area (TPSA) is 56.2 Å².